The largest absolute Gasteiger partial charge is 0.248 e. The van der Waals surface area contributed by atoms with Crippen molar-refractivity contribution in [3.05, 3.63) is 52.8 Å². The van der Waals surface area contributed by atoms with E-state index in [-0.39, 0.29) is 0 Å². The third-order valence-electron chi connectivity index (χ3n) is 1.95. The summed E-state index contributed by atoms with van der Waals surface area (Å²) in [7, 11) is 0. The van der Waals surface area contributed by atoms with Crippen LogP contribution < -0.4 is 0 Å². The van der Waals surface area contributed by atoms with Crippen molar-refractivity contribution in [2.24, 2.45) is 0 Å². The summed E-state index contributed by atoms with van der Waals surface area (Å²) in [5, 5.41) is 0. The lowest BCUT2D eigenvalue weighted by atomic mass is 10.1. The molecule has 1 nitrogen and oxygen atoms in total. The Bertz CT molecular complexity index is 500. The predicted octanol–water partition coefficient (Wildman–Crippen LogP) is 3.79. The molecule has 0 amide bonds. The maximum Gasteiger partial charge on any atom is 0.248 e. The van der Waals surface area contributed by atoms with Crippen molar-refractivity contribution in [2.45, 2.75) is 0 Å². The fraction of sp³-hybridized carbons (Fsp3) is 0. The normalized spacial score (nSPS) is 10.3. The average molecular weight is 270 g/mol. The van der Waals surface area contributed by atoms with E-state index in [1.807, 2.05) is 18.2 Å². The Balaban J connectivity index is 2.50. The Morgan fingerprint density at radius 1 is 1.07 bits per heavy atom. The molecule has 76 valence electrons. The third kappa shape index (κ3) is 2.21. The van der Waals surface area contributed by atoms with E-state index in [4.69, 9.17) is 0 Å². The highest BCUT2D eigenvalue weighted by Crippen LogP contribution is 2.23. The average Bonchev–Trinajstić information content (AvgIpc) is 2.22. The minimum absolute atomic E-state index is 0.551. The van der Waals surface area contributed by atoms with Gasteiger partial charge >= 0.3 is 0 Å². The summed E-state index contributed by atoms with van der Waals surface area (Å²) in [5.41, 5.74) is 1.34. The first-order chi connectivity index (χ1) is 7.16. The Kier molecular flexibility index (Phi) is 2.77. The lowest BCUT2D eigenvalue weighted by molar-refractivity contribution is 0.480. The molecule has 0 aliphatic heterocycles. The summed E-state index contributed by atoms with van der Waals surface area (Å²) in [6.45, 7) is 0. The third-order valence-corrected chi connectivity index (χ3v) is 2.45. The minimum Gasteiger partial charge on any atom is -0.225 e. The first kappa shape index (κ1) is 10.2. The molecule has 1 aromatic carbocycles. The van der Waals surface area contributed by atoms with E-state index in [9.17, 15) is 8.78 Å². The molecule has 1 aromatic heterocycles. The summed E-state index contributed by atoms with van der Waals surface area (Å²) in [6, 6.07) is 8.43. The molecule has 0 bridgehead atoms. The minimum atomic E-state index is -1.08. The van der Waals surface area contributed by atoms with Crippen molar-refractivity contribution in [1.29, 1.82) is 0 Å². The number of aromatic nitrogens is 1. The van der Waals surface area contributed by atoms with Gasteiger partial charge in [-0.1, -0.05) is 28.1 Å². The van der Waals surface area contributed by atoms with Gasteiger partial charge in [-0.25, -0.2) is 9.37 Å². The number of pyridine rings is 1. The Hall–Kier alpha value is -1.29. The number of benzene rings is 1. The molecular weight excluding hydrogens is 264 g/mol. The van der Waals surface area contributed by atoms with Crippen LogP contribution in [0.5, 0.6) is 0 Å². The first-order valence-corrected chi connectivity index (χ1v) is 5.03. The number of hydrogen-bond acceptors (Lipinski definition) is 1. The Morgan fingerprint density at radius 3 is 2.53 bits per heavy atom. The van der Waals surface area contributed by atoms with Crippen molar-refractivity contribution in [3.63, 3.8) is 0 Å². The summed E-state index contributed by atoms with van der Waals surface area (Å²) < 4.78 is 26.4. The second-order valence-electron chi connectivity index (χ2n) is 3.01. The molecule has 0 saturated carbocycles. The van der Waals surface area contributed by atoms with Crippen molar-refractivity contribution >= 4 is 15.9 Å². The number of nitrogens with zero attached hydrogens (tertiary/aromatic N) is 1. The summed E-state index contributed by atoms with van der Waals surface area (Å²) in [5.74, 6) is -2.01. The fourth-order valence-corrected chi connectivity index (χ4v) is 1.65. The van der Waals surface area contributed by atoms with E-state index >= 15 is 0 Å². The van der Waals surface area contributed by atoms with E-state index in [0.717, 1.165) is 16.1 Å². The maximum absolute atomic E-state index is 12.9. The molecule has 0 atom stereocenters. The number of halogens is 3. The van der Waals surface area contributed by atoms with Gasteiger partial charge in [-0.2, -0.15) is 4.39 Å². The van der Waals surface area contributed by atoms with Crippen LogP contribution in [-0.2, 0) is 0 Å². The topological polar surface area (TPSA) is 12.9 Å². The Labute approximate surface area is 93.9 Å². The molecule has 0 fully saturated rings. The van der Waals surface area contributed by atoms with Crippen molar-refractivity contribution in [3.8, 4) is 11.1 Å². The summed E-state index contributed by atoms with van der Waals surface area (Å²) in [4.78, 5) is 3.33. The van der Waals surface area contributed by atoms with Gasteiger partial charge in [0, 0.05) is 16.2 Å². The van der Waals surface area contributed by atoms with Gasteiger partial charge in [-0.15, -0.1) is 0 Å². The van der Waals surface area contributed by atoms with Gasteiger partial charge in [-0.05, 0) is 23.8 Å². The molecule has 0 aliphatic carbocycles. The van der Waals surface area contributed by atoms with Crippen molar-refractivity contribution in [2.75, 3.05) is 0 Å². The van der Waals surface area contributed by atoms with Gasteiger partial charge in [0.15, 0.2) is 5.82 Å². The van der Waals surface area contributed by atoms with Gasteiger partial charge in [0.1, 0.15) is 0 Å². The van der Waals surface area contributed by atoms with Crippen LogP contribution in [-0.4, -0.2) is 4.98 Å². The zero-order valence-corrected chi connectivity index (χ0v) is 9.13. The number of hydrogen-bond donors (Lipinski definition) is 0. The van der Waals surface area contributed by atoms with Gasteiger partial charge in [0.05, 0.1) is 0 Å². The molecular formula is C11H6BrF2N. The summed E-state index contributed by atoms with van der Waals surface area (Å²) in [6.07, 6.45) is 1.31. The monoisotopic (exact) mass is 269 g/mol. The van der Waals surface area contributed by atoms with Gasteiger partial charge < -0.3 is 0 Å². The van der Waals surface area contributed by atoms with Crippen LogP contribution in [0.4, 0.5) is 8.78 Å². The molecule has 15 heavy (non-hydrogen) atoms. The van der Waals surface area contributed by atoms with E-state index in [2.05, 4.69) is 20.9 Å². The molecule has 0 radical (unpaired) electrons. The van der Waals surface area contributed by atoms with Gasteiger partial charge in [-0.3, -0.25) is 0 Å². The van der Waals surface area contributed by atoms with Gasteiger partial charge in [0.2, 0.25) is 5.95 Å². The fourth-order valence-electron chi connectivity index (χ4n) is 1.25. The van der Waals surface area contributed by atoms with Crippen LogP contribution in [0.25, 0.3) is 11.1 Å². The molecule has 0 saturated heterocycles. The smallest absolute Gasteiger partial charge is 0.225 e. The predicted molar refractivity (Wildman–Crippen MR) is 57.3 cm³/mol. The van der Waals surface area contributed by atoms with Crippen molar-refractivity contribution in [1.82, 2.24) is 4.98 Å². The van der Waals surface area contributed by atoms with Crippen LogP contribution in [0.15, 0.2) is 41.0 Å². The zero-order chi connectivity index (χ0) is 10.8. The van der Waals surface area contributed by atoms with Crippen LogP contribution in [0.1, 0.15) is 0 Å². The molecule has 0 unspecified atom stereocenters. The highest BCUT2D eigenvalue weighted by molar-refractivity contribution is 9.10. The Morgan fingerprint density at radius 2 is 1.87 bits per heavy atom. The lowest BCUT2D eigenvalue weighted by Gasteiger charge is -2.01. The molecule has 1 heterocycles. The molecule has 0 N–H and O–H groups in total. The maximum atomic E-state index is 12.9. The molecule has 2 rings (SSSR count). The van der Waals surface area contributed by atoms with E-state index in [1.54, 1.807) is 6.07 Å². The first-order valence-electron chi connectivity index (χ1n) is 4.24. The highest BCUT2D eigenvalue weighted by atomic mass is 79.9. The quantitative estimate of drug-likeness (QED) is 0.718. The number of rotatable bonds is 1. The molecule has 2 aromatic rings. The second kappa shape index (κ2) is 4.06. The van der Waals surface area contributed by atoms with Crippen LogP contribution in [0.3, 0.4) is 0 Å². The van der Waals surface area contributed by atoms with E-state index in [0.29, 0.717) is 5.56 Å². The standard InChI is InChI=1S/C11H6BrF2N/c12-9-3-1-2-7(4-9)8-5-10(13)11(14)15-6-8/h1-6H. The van der Waals surface area contributed by atoms with E-state index < -0.39 is 11.8 Å². The van der Waals surface area contributed by atoms with Crippen molar-refractivity contribution < 1.29 is 8.78 Å². The molecule has 4 heteroatoms. The van der Waals surface area contributed by atoms with Gasteiger partial charge in [0.25, 0.3) is 0 Å². The zero-order valence-electron chi connectivity index (χ0n) is 7.55. The van der Waals surface area contributed by atoms with Crippen LogP contribution >= 0.6 is 15.9 Å². The molecule has 0 aliphatic rings. The van der Waals surface area contributed by atoms with E-state index in [1.165, 1.54) is 6.20 Å². The summed E-state index contributed by atoms with van der Waals surface area (Å²) >= 11 is 3.30. The second-order valence-corrected chi connectivity index (χ2v) is 3.92. The lowest BCUT2D eigenvalue weighted by Crippen LogP contribution is -1.90. The molecule has 0 spiro atoms. The highest BCUT2D eigenvalue weighted by Gasteiger charge is 2.05. The van der Waals surface area contributed by atoms with Crippen LogP contribution in [0.2, 0.25) is 0 Å². The SMILES string of the molecule is Fc1cc(-c2cccc(Br)c2)cnc1F. The van der Waals surface area contributed by atoms with Crippen LogP contribution in [0, 0.1) is 11.8 Å².